The molecule has 2 heterocycles. The van der Waals surface area contributed by atoms with Gasteiger partial charge in [-0.25, -0.2) is 14.6 Å². The lowest BCUT2D eigenvalue weighted by Crippen LogP contribution is -2.28. The van der Waals surface area contributed by atoms with Gasteiger partial charge < -0.3 is 19.5 Å². The first-order chi connectivity index (χ1) is 7.54. The summed E-state index contributed by atoms with van der Waals surface area (Å²) in [6, 6.07) is 0. The van der Waals surface area contributed by atoms with E-state index in [0.717, 1.165) is 4.74 Å². The average Bonchev–Trinajstić information content (AvgIpc) is 2.70. The zero-order valence-corrected chi connectivity index (χ0v) is 8.49. The second-order valence-electron chi connectivity index (χ2n) is 3.73. The van der Waals surface area contributed by atoms with Crippen molar-refractivity contribution in [3.8, 4) is 0 Å². The van der Waals surface area contributed by atoms with Gasteiger partial charge in [0.2, 0.25) is 0 Å². The monoisotopic (exact) mass is 232 g/mol. The number of hydrogen-bond acceptors (Lipinski definition) is 6. The summed E-state index contributed by atoms with van der Waals surface area (Å²) in [6.45, 7) is 1.26. The first kappa shape index (κ1) is 11.1. The van der Waals surface area contributed by atoms with Crippen molar-refractivity contribution in [3.05, 3.63) is 21.0 Å². The molecule has 0 bridgehead atoms. The van der Waals surface area contributed by atoms with Crippen molar-refractivity contribution in [3.63, 3.8) is 0 Å². The van der Waals surface area contributed by atoms with Gasteiger partial charge in [0.1, 0.15) is 6.10 Å². The van der Waals surface area contributed by atoms with Crippen molar-refractivity contribution in [1.29, 1.82) is 0 Å². The molecule has 2 rings (SSSR count). The molecule has 4 atom stereocenters. The number of aromatic nitrogens is 2. The molecule has 1 aromatic heterocycles. The molecule has 1 aliphatic heterocycles. The van der Waals surface area contributed by atoms with E-state index in [-0.39, 0.29) is 6.61 Å². The molecule has 1 fully saturated rings. The highest BCUT2D eigenvalue weighted by Crippen LogP contribution is 2.32. The summed E-state index contributed by atoms with van der Waals surface area (Å²) in [4.78, 5) is 24.0. The van der Waals surface area contributed by atoms with Gasteiger partial charge in [0, 0.05) is 5.92 Å². The van der Waals surface area contributed by atoms with Crippen LogP contribution in [0.15, 0.2) is 14.1 Å². The number of rotatable bonds is 2. The van der Waals surface area contributed by atoms with Crippen molar-refractivity contribution in [2.24, 2.45) is 5.92 Å². The second-order valence-corrected chi connectivity index (χ2v) is 3.73. The molecule has 0 aromatic carbocycles. The summed E-state index contributed by atoms with van der Waals surface area (Å²) in [5.74, 6) is -1.35. The smallest absolute Gasteiger partial charge is 0.394 e. The fourth-order valence-corrected chi connectivity index (χ4v) is 1.77. The lowest BCUT2D eigenvalue weighted by molar-refractivity contribution is -0.0772. The van der Waals surface area contributed by atoms with Gasteiger partial charge in [0.05, 0.1) is 12.7 Å². The van der Waals surface area contributed by atoms with Crippen LogP contribution in [0.3, 0.4) is 0 Å². The van der Waals surface area contributed by atoms with Crippen LogP contribution in [0.4, 0.5) is 0 Å². The molecule has 90 valence electrons. The molecule has 0 amide bonds. The van der Waals surface area contributed by atoms with E-state index in [9.17, 15) is 14.7 Å². The van der Waals surface area contributed by atoms with Crippen LogP contribution < -0.4 is 11.4 Å². The Morgan fingerprint density at radius 2 is 2.19 bits per heavy atom. The molecule has 16 heavy (non-hydrogen) atoms. The van der Waals surface area contributed by atoms with Gasteiger partial charge in [0.25, 0.3) is 0 Å². The third-order valence-electron chi connectivity index (χ3n) is 2.69. The molecule has 1 saturated heterocycles. The predicted molar refractivity (Wildman–Crippen MR) is 49.8 cm³/mol. The van der Waals surface area contributed by atoms with Gasteiger partial charge in [-0.05, 0) is 0 Å². The van der Waals surface area contributed by atoms with Gasteiger partial charge in [-0.1, -0.05) is 6.92 Å². The zero-order valence-electron chi connectivity index (χ0n) is 8.49. The number of aliphatic hydroxyl groups is 2. The molecule has 8 nitrogen and oxygen atoms in total. The summed E-state index contributed by atoms with van der Waals surface area (Å²) >= 11 is 0. The van der Waals surface area contributed by atoms with Crippen LogP contribution in [0.25, 0.3) is 0 Å². The van der Waals surface area contributed by atoms with Gasteiger partial charge in [-0.3, -0.25) is 0 Å². The van der Waals surface area contributed by atoms with Crippen LogP contribution in [-0.4, -0.2) is 38.8 Å². The molecule has 8 heteroatoms. The fraction of sp³-hybridized carbons (Fsp3) is 0.750. The normalized spacial score (nSPS) is 34.4. The van der Waals surface area contributed by atoms with Gasteiger partial charge >= 0.3 is 11.4 Å². The van der Waals surface area contributed by atoms with Crippen LogP contribution in [-0.2, 0) is 4.74 Å². The van der Waals surface area contributed by atoms with Crippen LogP contribution in [0.5, 0.6) is 0 Å². The van der Waals surface area contributed by atoms with Gasteiger partial charge in [0.15, 0.2) is 6.23 Å². The number of nitrogens with zero attached hydrogens (tertiary/aromatic N) is 1. The van der Waals surface area contributed by atoms with E-state index in [1.165, 1.54) is 0 Å². The minimum Gasteiger partial charge on any atom is -0.394 e. The average molecular weight is 232 g/mol. The molecular formula is C8H12N2O6. The summed E-state index contributed by atoms with van der Waals surface area (Å²) in [6.07, 6.45) is -2.59. The first-order valence-electron chi connectivity index (χ1n) is 4.81. The summed E-state index contributed by atoms with van der Waals surface area (Å²) in [5, 5.41) is 18.6. The Labute approximate surface area is 89.0 Å². The second kappa shape index (κ2) is 3.89. The Kier molecular flexibility index (Phi) is 2.70. The third-order valence-corrected chi connectivity index (χ3v) is 2.69. The van der Waals surface area contributed by atoms with Crippen LogP contribution in [0, 0.1) is 5.92 Å². The van der Waals surface area contributed by atoms with E-state index in [1.54, 1.807) is 6.92 Å². The molecule has 3 N–H and O–H groups in total. The number of aliphatic hydroxyl groups excluding tert-OH is 2. The zero-order chi connectivity index (χ0) is 11.9. The largest absolute Gasteiger partial charge is 0.440 e. The Hall–Kier alpha value is -1.38. The van der Waals surface area contributed by atoms with Crippen molar-refractivity contribution < 1.29 is 19.5 Å². The number of aromatic amines is 1. The maximum absolute atomic E-state index is 11.3. The Balaban J connectivity index is 2.33. The molecule has 1 aliphatic rings. The van der Waals surface area contributed by atoms with E-state index in [2.05, 4.69) is 4.52 Å². The Morgan fingerprint density at radius 3 is 2.62 bits per heavy atom. The van der Waals surface area contributed by atoms with E-state index in [1.807, 2.05) is 4.98 Å². The molecule has 1 aromatic rings. The van der Waals surface area contributed by atoms with Crippen molar-refractivity contribution >= 4 is 0 Å². The quantitative estimate of drug-likeness (QED) is 0.543. The summed E-state index contributed by atoms with van der Waals surface area (Å²) in [7, 11) is 0. The Morgan fingerprint density at radius 1 is 1.50 bits per heavy atom. The number of ether oxygens (including phenoxy) is 1. The van der Waals surface area contributed by atoms with Crippen molar-refractivity contribution in [1.82, 2.24) is 9.72 Å². The highest BCUT2D eigenvalue weighted by molar-refractivity contribution is 4.85. The van der Waals surface area contributed by atoms with E-state index in [4.69, 9.17) is 9.84 Å². The maximum atomic E-state index is 11.3. The van der Waals surface area contributed by atoms with Gasteiger partial charge in [-0.2, -0.15) is 0 Å². The molecule has 0 radical (unpaired) electrons. The maximum Gasteiger partial charge on any atom is 0.440 e. The SMILES string of the molecule is C[C@@H]1[C@H](O)[C@@H](CO)O[C@H]1n1oc(=O)[nH]c1=O. The van der Waals surface area contributed by atoms with E-state index >= 15 is 0 Å². The lowest BCUT2D eigenvalue weighted by Gasteiger charge is -2.12. The fourth-order valence-electron chi connectivity index (χ4n) is 1.77. The molecule has 0 unspecified atom stereocenters. The van der Waals surface area contributed by atoms with E-state index < -0.39 is 35.8 Å². The summed E-state index contributed by atoms with van der Waals surface area (Å²) < 4.78 is 10.5. The Bertz CT molecular complexity index is 473. The van der Waals surface area contributed by atoms with Crippen molar-refractivity contribution in [2.45, 2.75) is 25.4 Å². The first-order valence-corrected chi connectivity index (χ1v) is 4.81. The van der Waals surface area contributed by atoms with E-state index in [0.29, 0.717) is 0 Å². The molecule has 0 aliphatic carbocycles. The molecule has 0 saturated carbocycles. The minimum absolute atomic E-state index is 0.370. The van der Waals surface area contributed by atoms with Crippen LogP contribution in [0.1, 0.15) is 13.2 Å². The van der Waals surface area contributed by atoms with Crippen LogP contribution in [0.2, 0.25) is 0 Å². The standard InChI is InChI=1S/C8H12N2O6/c1-3-5(12)4(2-11)15-6(3)10-7(13)9-8(14)16-10/h3-6,11-12H,2H2,1H3,(H,9,13,14)/t3-,4-,5+,6-/m1/s1. The summed E-state index contributed by atoms with van der Waals surface area (Å²) in [5.41, 5.74) is -0.743. The van der Waals surface area contributed by atoms with Crippen molar-refractivity contribution in [2.75, 3.05) is 6.61 Å². The highest BCUT2D eigenvalue weighted by Gasteiger charge is 2.43. The number of H-pyrrole nitrogens is 1. The number of nitrogens with one attached hydrogen (secondary N) is 1. The van der Waals surface area contributed by atoms with Crippen LogP contribution >= 0.6 is 0 Å². The topological polar surface area (TPSA) is 118 Å². The molecule has 0 spiro atoms. The third kappa shape index (κ3) is 1.60. The number of hydrogen-bond donors (Lipinski definition) is 3. The predicted octanol–water partition coefficient (Wildman–Crippen LogP) is -1.98. The minimum atomic E-state index is -0.915. The molecular weight excluding hydrogens is 220 g/mol. The highest BCUT2D eigenvalue weighted by atomic mass is 16.6. The van der Waals surface area contributed by atoms with Gasteiger partial charge in [-0.15, -0.1) is 4.74 Å². The lowest BCUT2D eigenvalue weighted by atomic mass is 10.0.